The number of nitrogens with one attached hydrogen (secondary N) is 1. The zero-order valence-electron chi connectivity index (χ0n) is 19.4. The van der Waals surface area contributed by atoms with E-state index in [1.165, 1.54) is 30.2 Å². The maximum Gasteiger partial charge on any atom is 0.311 e. The van der Waals surface area contributed by atoms with Crippen molar-refractivity contribution in [3.63, 3.8) is 0 Å². The summed E-state index contributed by atoms with van der Waals surface area (Å²) in [7, 11) is 1.32. The average Bonchev–Trinajstić information content (AvgIpc) is 2.81. The van der Waals surface area contributed by atoms with Gasteiger partial charge in [-0.25, -0.2) is 0 Å². The van der Waals surface area contributed by atoms with Crippen LogP contribution in [0.1, 0.15) is 32.8 Å². The lowest BCUT2D eigenvalue weighted by Crippen LogP contribution is -2.50. The molecule has 0 aliphatic rings. The fraction of sp³-hybridized carbons (Fsp3) is 0.417. The molecule has 2 rings (SSSR count). The van der Waals surface area contributed by atoms with Crippen LogP contribution >= 0.6 is 0 Å². The van der Waals surface area contributed by atoms with Gasteiger partial charge in [0.05, 0.1) is 12.0 Å². The molecular weight excluding hydrogens is 426 g/mol. The molecule has 2 amide bonds. The van der Waals surface area contributed by atoms with E-state index in [9.17, 15) is 19.7 Å². The van der Waals surface area contributed by atoms with Crippen LogP contribution in [0.4, 0.5) is 5.69 Å². The Bertz CT molecular complexity index is 948. The first-order chi connectivity index (χ1) is 15.8. The number of hydrogen-bond donors (Lipinski definition) is 1. The molecule has 9 nitrogen and oxygen atoms in total. The lowest BCUT2D eigenvalue weighted by Gasteiger charge is -2.30. The fourth-order valence-electron chi connectivity index (χ4n) is 3.25. The molecule has 0 bridgehead atoms. The number of amides is 2. The molecule has 9 heteroatoms. The van der Waals surface area contributed by atoms with Crippen molar-refractivity contribution in [2.45, 2.75) is 39.8 Å². The molecule has 1 atom stereocenters. The number of rotatable bonds is 12. The zero-order chi connectivity index (χ0) is 24.4. The first-order valence-corrected chi connectivity index (χ1v) is 10.8. The summed E-state index contributed by atoms with van der Waals surface area (Å²) >= 11 is 0. The third-order valence-corrected chi connectivity index (χ3v) is 4.98. The minimum absolute atomic E-state index is 0.0330. The van der Waals surface area contributed by atoms with Gasteiger partial charge in [-0.15, -0.1) is 0 Å². The molecule has 0 heterocycles. The molecular formula is C24H31N3O6. The van der Waals surface area contributed by atoms with Crippen LogP contribution in [0, 0.1) is 16.0 Å². The summed E-state index contributed by atoms with van der Waals surface area (Å²) in [5.74, 6) is -0.0197. The van der Waals surface area contributed by atoms with E-state index in [0.29, 0.717) is 13.0 Å². The Balaban J connectivity index is 2.20. The number of methoxy groups -OCH3 is 1. The number of nitro benzene ring substituents is 1. The van der Waals surface area contributed by atoms with Gasteiger partial charge in [-0.05, 0) is 24.0 Å². The highest BCUT2D eigenvalue weighted by Crippen LogP contribution is 2.30. The number of nitro groups is 1. The van der Waals surface area contributed by atoms with Crippen molar-refractivity contribution in [2.24, 2.45) is 5.92 Å². The highest BCUT2D eigenvalue weighted by molar-refractivity contribution is 5.88. The predicted molar refractivity (Wildman–Crippen MR) is 124 cm³/mol. The summed E-state index contributed by atoms with van der Waals surface area (Å²) in [5, 5.41) is 14.0. The number of carbonyl (C=O) groups excluding carboxylic acids is 2. The van der Waals surface area contributed by atoms with Gasteiger partial charge in [-0.1, -0.05) is 51.1 Å². The van der Waals surface area contributed by atoms with Crippen LogP contribution in [-0.2, 0) is 16.1 Å². The van der Waals surface area contributed by atoms with Crippen molar-refractivity contribution in [3.8, 4) is 11.5 Å². The number of benzene rings is 2. The molecule has 33 heavy (non-hydrogen) atoms. The quantitative estimate of drug-likeness (QED) is 0.385. The van der Waals surface area contributed by atoms with E-state index in [2.05, 4.69) is 5.32 Å². The molecule has 1 N–H and O–H groups in total. The molecule has 0 fully saturated rings. The second-order valence-corrected chi connectivity index (χ2v) is 7.95. The van der Waals surface area contributed by atoms with Crippen molar-refractivity contribution in [1.29, 1.82) is 0 Å². The fourth-order valence-corrected chi connectivity index (χ4v) is 3.25. The minimum Gasteiger partial charge on any atom is -0.490 e. The van der Waals surface area contributed by atoms with Crippen molar-refractivity contribution in [3.05, 3.63) is 64.2 Å². The highest BCUT2D eigenvalue weighted by Gasteiger charge is 2.29. The van der Waals surface area contributed by atoms with Crippen molar-refractivity contribution < 1.29 is 24.0 Å². The van der Waals surface area contributed by atoms with E-state index >= 15 is 0 Å². The van der Waals surface area contributed by atoms with Gasteiger partial charge in [-0.3, -0.25) is 19.7 Å². The second kappa shape index (κ2) is 12.4. The van der Waals surface area contributed by atoms with Crippen LogP contribution in [-0.4, -0.2) is 47.9 Å². The topological polar surface area (TPSA) is 111 Å². The molecule has 0 spiro atoms. The molecule has 0 aliphatic heterocycles. The first kappa shape index (κ1) is 25.6. The smallest absolute Gasteiger partial charge is 0.311 e. The second-order valence-electron chi connectivity index (χ2n) is 7.95. The molecule has 2 aromatic rings. The molecule has 0 unspecified atom stereocenters. The maximum atomic E-state index is 13.2. The van der Waals surface area contributed by atoms with E-state index in [1.807, 2.05) is 51.1 Å². The summed E-state index contributed by atoms with van der Waals surface area (Å²) in [6.45, 7) is 6.29. The van der Waals surface area contributed by atoms with Gasteiger partial charge < -0.3 is 19.7 Å². The van der Waals surface area contributed by atoms with E-state index in [4.69, 9.17) is 9.47 Å². The zero-order valence-corrected chi connectivity index (χ0v) is 19.4. The van der Waals surface area contributed by atoms with Crippen LogP contribution in [0.25, 0.3) is 0 Å². The minimum atomic E-state index is -0.661. The molecule has 0 saturated carbocycles. The Morgan fingerprint density at radius 2 is 1.85 bits per heavy atom. The number of nitrogens with zero attached hydrogens (tertiary/aromatic N) is 2. The summed E-state index contributed by atoms with van der Waals surface area (Å²) in [6, 6.07) is 12.8. The highest BCUT2D eigenvalue weighted by atomic mass is 16.6. The van der Waals surface area contributed by atoms with Crippen molar-refractivity contribution >= 4 is 17.5 Å². The standard InChI is InChI=1S/C24H31N3O6/c1-5-20(24(29)25-14-17(2)3)26(15-18-9-7-6-8-10-18)23(28)16-33-19-11-12-21(27(30)31)22(13-19)32-4/h6-13,17,20H,5,14-16H2,1-4H3,(H,25,29)/t20-/m0/s1. The normalized spacial score (nSPS) is 11.5. The number of ether oxygens (including phenoxy) is 2. The molecule has 2 aromatic carbocycles. The van der Waals surface area contributed by atoms with Gasteiger partial charge >= 0.3 is 5.69 Å². The van der Waals surface area contributed by atoms with E-state index in [1.54, 1.807) is 0 Å². The van der Waals surface area contributed by atoms with Crippen LogP contribution in [0.3, 0.4) is 0 Å². The summed E-state index contributed by atoms with van der Waals surface area (Å²) in [4.78, 5) is 38.0. The van der Waals surface area contributed by atoms with E-state index in [0.717, 1.165) is 5.56 Å². The Hall–Kier alpha value is -3.62. The molecule has 0 saturated heterocycles. The van der Waals surface area contributed by atoms with Gasteiger partial charge in [-0.2, -0.15) is 0 Å². The Morgan fingerprint density at radius 3 is 2.42 bits per heavy atom. The Morgan fingerprint density at radius 1 is 1.15 bits per heavy atom. The van der Waals surface area contributed by atoms with Gasteiger partial charge in [0, 0.05) is 25.2 Å². The van der Waals surface area contributed by atoms with Crippen LogP contribution in [0.2, 0.25) is 0 Å². The summed E-state index contributed by atoms with van der Waals surface area (Å²) in [6.07, 6.45) is 0.438. The number of carbonyl (C=O) groups is 2. The van der Waals surface area contributed by atoms with Gasteiger partial charge in [0.1, 0.15) is 11.8 Å². The van der Waals surface area contributed by atoms with E-state index < -0.39 is 11.0 Å². The van der Waals surface area contributed by atoms with Crippen LogP contribution < -0.4 is 14.8 Å². The maximum absolute atomic E-state index is 13.2. The number of hydrogen-bond acceptors (Lipinski definition) is 6. The molecule has 0 radical (unpaired) electrons. The molecule has 178 valence electrons. The van der Waals surface area contributed by atoms with E-state index in [-0.39, 0.29) is 48.1 Å². The predicted octanol–water partition coefficient (Wildman–Crippen LogP) is 3.56. The van der Waals surface area contributed by atoms with Crippen LogP contribution in [0.5, 0.6) is 11.5 Å². The summed E-state index contributed by atoms with van der Waals surface area (Å²) < 4.78 is 10.7. The van der Waals surface area contributed by atoms with Gasteiger partial charge in [0.2, 0.25) is 11.7 Å². The van der Waals surface area contributed by atoms with Crippen molar-refractivity contribution in [2.75, 3.05) is 20.3 Å². The first-order valence-electron chi connectivity index (χ1n) is 10.8. The molecule has 0 aromatic heterocycles. The van der Waals surface area contributed by atoms with Gasteiger partial charge in [0.25, 0.3) is 5.91 Å². The molecule has 0 aliphatic carbocycles. The largest absolute Gasteiger partial charge is 0.490 e. The Kier molecular flexibility index (Phi) is 9.65. The SMILES string of the molecule is CC[C@@H](C(=O)NCC(C)C)N(Cc1ccccc1)C(=O)COc1ccc([N+](=O)[O-])c(OC)c1. The van der Waals surface area contributed by atoms with Crippen molar-refractivity contribution in [1.82, 2.24) is 10.2 Å². The lowest BCUT2D eigenvalue weighted by atomic mass is 10.1. The average molecular weight is 458 g/mol. The lowest BCUT2D eigenvalue weighted by molar-refractivity contribution is -0.385. The third-order valence-electron chi connectivity index (χ3n) is 4.98. The van der Waals surface area contributed by atoms with Crippen LogP contribution in [0.15, 0.2) is 48.5 Å². The summed E-state index contributed by atoms with van der Waals surface area (Å²) in [5.41, 5.74) is 0.688. The van der Waals surface area contributed by atoms with Gasteiger partial charge in [0.15, 0.2) is 6.61 Å². The third kappa shape index (κ3) is 7.48. The monoisotopic (exact) mass is 457 g/mol. The Labute approximate surface area is 193 Å².